The van der Waals surface area contributed by atoms with Gasteiger partial charge in [-0.3, -0.25) is 14.8 Å². The fraction of sp³-hybridized carbons (Fsp3) is 0.333. The van der Waals surface area contributed by atoms with Crippen LogP contribution in [-0.4, -0.2) is 47.7 Å². The van der Waals surface area contributed by atoms with Gasteiger partial charge in [0.05, 0.1) is 11.2 Å². The summed E-state index contributed by atoms with van der Waals surface area (Å²) in [6.45, 7) is 6.74. The summed E-state index contributed by atoms with van der Waals surface area (Å²) in [6, 6.07) is 12.8. The average Bonchev–Trinajstić information content (AvgIpc) is 2.76. The maximum absolute atomic E-state index is 12.5. The number of aromatic nitrogens is 2. The molecule has 3 aromatic rings. The minimum absolute atomic E-state index is 0.285. The maximum atomic E-state index is 12.5. The Morgan fingerprint density at radius 1 is 1.03 bits per heavy atom. The highest BCUT2D eigenvalue weighted by Crippen LogP contribution is 2.29. The molecule has 2 amide bonds. The summed E-state index contributed by atoms with van der Waals surface area (Å²) < 4.78 is 5.25. The molecule has 0 atom stereocenters. The van der Waals surface area contributed by atoms with Gasteiger partial charge in [-0.15, -0.1) is 0 Å². The van der Waals surface area contributed by atoms with E-state index in [0.29, 0.717) is 23.4 Å². The molecule has 0 unspecified atom stereocenters. The van der Waals surface area contributed by atoms with Crippen LogP contribution in [0.3, 0.4) is 0 Å². The van der Waals surface area contributed by atoms with E-state index in [1.54, 1.807) is 30.6 Å². The topological polar surface area (TPSA) is 96.5 Å². The number of alkyl carbamates (subject to hydrolysis) is 1. The van der Waals surface area contributed by atoms with Gasteiger partial charge in [0.2, 0.25) is 0 Å². The fourth-order valence-corrected chi connectivity index (χ4v) is 3.22. The lowest BCUT2D eigenvalue weighted by Crippen LogP contribution is -2.34. The van der Waals surface area contributed by atoms with Gasteiger partial charge < -0.3 is 20.3 Å². The van der Waals surface area contributed by atoms with Crippen LogP contribution >= 0.6 is 0 Å². The van der Waals surface area contributed by atoms with Crippen LogP contribution in [0, 0.1) is 0 Å². The number of carbonyl (C=O) groups is 2. The van der Waals surface area contributed by atoms with Crippen molar-refractivity contribution in [1.29, 1.82) is 0 Å². The first-order valence-corrected chi connectivity index (χ1v) is 10.5. The number of nitrogens with one attached hydrogen (secondary N) is 2. The van der Waals surface area contributed by atoms with E-state index in [1.165, 1.54) is 0 Å². The number of nitrogens with zero attached hydrogens (tertiary/aromatic N) is 3. The number of ether oxygens (including phenoxy) is 1. The van der Waals surface area contributed by atoms with Crippen molar-refractivity contribution < 1.29 is 14.3 Å². The molecule has 0 bridgehead atoms. The number of carbonyl (C=O) groups excluding carboxylic acids is 2. The van der Waals surface area contributed by atoms with Crippen molar-refractivity contribution in [2.45, 2.75) is 32.8 Å². The van der Waals surface area contributed by atoms with E-state index in [2.05, 4.69) is 25.5 Å². The van der Waals surface area contributed by atoms with Crippen LogP contribution in [0.15, 0.2) is 54.9 Å². The number of hydrogen-bond acceptors (Lipinski definition) is 6. The molecule has 8 heteroatoms. The van der Waals surface area contributed by atoms with E-state index >= 15 is 0 Å². The minimum Gasteiger partial charge on any atom is -0.444 e. The van der Waals surface area contributed by atoms with E-state index in [-0.39, 0.29) is 5.91 Å². The van der Waals surface area contributed by atoms with Crippen molar-refractivity contribution in [1.82, 2.24) is 15.3 Å². The second-order valence-corrected chi connectivity index (χ2v) is 8.40. The third-order valence-corrected chi connectivity index (χ3v) is 4.64. The predicted molar refractivity (Wildman–Crippen MR) is 126 cm³/mol. The number of para-hydroxylation sites is 1. The summed E-state index contributed by atoms with van der Waals surface area (Å²) in [7, 11) is 1.99. The van der Waals surface area contributed by atoms with E-state index in [9.17, 15) is 9.59 Å². The smallest absolute Gasteiger partial charge is 0.407 e. The predicted octanol–water partition coefficient (Wildman–Crippen LogP) is 4.23. The highest BCUT2D eigenvalue weighted by molar-refractivity contribution is 6.09. The van der Waals surface area contributed by atoms with Gasteiger partial charge in [-0.25, -0.2) is 4.79 Å². The summed E-state index contributed by atoms with van der Waals surface area (Å²) in [6.07, 6.45) is 3.64. The van der Waals surface area contributed by atoms with Gasteiger partial charge in [0.1, 0.15) is 11.3 Å². The van der Waals surface area contributed by atoms with Gasteiger partial charge >= 0.3 is 6.09 Å². The summed E-state index contributed by atoms with van der Waals surface area (Å²) in [5, 5.41) is 6.61. The Morgan fingerprint density at radius 2 is 1.84 bits per heavy atom. The second kappa shape index (κ2) is 10.1. The molecular weight excluding hydrogens is 406 g/mol. The summed E-state index contributed by atoms with van der Waals surface area (Å²) >= 11 is 0. The van der Waals surface area contributed by atoms with E-state index in [0.717, 1.165) is 24.0 Å². The van der Waals surface area contributed by atoms with E-state index in [1.807, 2.05) is 52.1 Å². The zero-order chi connectivity index (χ0) is 23.1. The molecule has 168 valence electrons. The van der Waals surface area contributed by atoms with Crippen LogP contribution in [0.1, 0.15) is 37.7 Å². The molecule has 0 fully saturated rings. The first-order valence-electron chi connectivity index (χ1n) is 10.5. The minimum atomic E-state index is -0.513. The van der Waals surface area contributed by atoms with Crippen LogP contribution in [-0.2, 0) is 4.74 Å². The van der Waals surface area contributed by atoms with Gasteiger partial charge in [0.25, 0.3) is 5.91 Å². The van der Waals surface area contributed by atoms with Crippen molar-refractivity contribution in [3.05, 3.63) is 60.6 Å². The third-order valence-electron chi connectivity index (χ3n) is 4.64. The molecule has 2 aromatic heterocycles. The molecule has 2 heterocycles. The Morgan fingerprint density at radius 3 is 2.56 bits per heavy atom. The molecule has 1 aromatic carbocycles. The highest BCUT2D eigenvalue weighted by Gasteiger charge is 2.16. The summed E-state index contributed by atoms with van der Waals surface area (Å²) in [5.41, 5.74) is 2.14. The van der Waals surface area contributed by atoms with Crippen molar-refractivity contribution in [2.75, 3.05) is 30.4 Å². The standard InChI is InChI=1S/C24H29N5O3/c1-24(2,3)32-23(31)27-14-8-16-29(4)20-12-15-26-21-17(20)9-7-11-18(21)28-22(30)19-10-5-6-13-25-19/h5-7,9-13,15H,8,14,16H2,1-4H3,(H,27,31)(H,28,30). The number of hydrogen-bond donors (Lipinski definition) is 2. The van der Waals surface area contributed by atoms with Crippen LogP contribution in [0.25, 0.3) is 10.9 Å². The molecule has 0 aliphatic carbocycles. The zero-order valence-corrected chi connectivity index (χ0v) is 18.9. The number of amides is 2. The third kappa shape index (κ3) is 6.16. The molecular formula is C24H29N5O3. The molecule has 2 N–H and O–H groups in total. The SMILES string of the molecule is CN(CCCNC(=O)OC(C)(C)C)c1ccnc2c(NC(=O)c3ccccn3)cccc12. The monoisotopic (exact) mass is 435 g/mol. The Balaban J connectivity index is 1.67. The van der Waals surface area contributed by atoms with Crippen molar-refractivity contribution in [2.24, 2.45) is 0 Å². The molecule has 3 rings (SSSR count). The lowest BCUT2D eigenvalue weighted by Gasteiger charge is -2.22. The quantitative estimate of drug-likeness (QED) is 0.539. The molecule has 32 heavy (non-hydrogen) atoms. The van der Waals surface area contributed by atoms with Gasteiger partial charge in [-0.05, 0) is 51.5 Å². The molecule has 8 nitrogen and oxygen atoms in total. The van der Waals surface area contributed by atoms with E-state index < -0.39 is 11.7 Å². The molecule has 0 radical (unpaired) electrons. The normalized spacial score (nSPS) is 11.1. The van der Waals surface area contributed by atoms with Gasteiger partial charge in [-0.1, -0.05) is 18.2 Å². The molecule has 0 aliphatic rings. The lowest BCUT2D eigenvalue weighted by atomic mass is 10.1. The highest BCUT2D eigenvalue weighted by atomic mass is 16.6. The number of anilines is 2. The van der Waals surface area contributed by atoms with Crippen LogP contribution in [0.4, 0.5) is 16.2 Å². The van der Waals surface area contributed by atoms with Crippen molar-refractivity contribution in [3.63, 3.8) is 0 Å². The maximum Gasteiger partial charge on any atom is 0.407 e. The first-order chi connectivity index (χ1) is 15.2. The summed E-state index contributed by atoms with van der Waals surface area (Å²) in [4.78, 5) is 35.0. The van der Waals surface area contributed by atoms with Crippen molar-refractivity contribution in [3.8, 4) is 0 Å². The molecule has 0 aliphatic heterocycles. The van der Waals surface area contributed by atoms with Gasteiger partial charge in [-0.2, -0.15) is 0 Å². The Hall–Kier alpha value is -3.68. The largest absolute Gasteiger partial charge is 0.444 e. The lowest BCUT2D eigenvalue weighted by molar-refractivity contribution is 0.0527. The first kappa shape index (κ1) is 23.0. The molecule has 0 spiro atoms. The molecule has 0 saturated heterocycles. The van der Waals surface area contributed by atoms with Crippen molar-refractivity contribution >= 4 is 34.3 Å². The van der Waals surface area contributed by atoms with Crippen LogP contribution in [0.2, 0.25) is 0 Å². The molecule has 0 saturated carbocycles. The number of benzene rings is 1. The Labute approximate surface area is 188 Å². The number of fused-ring (bicyclic) bond motifs is 1. The zero-order valence-electron chi connectivity index (χ0n) is 18.9. The Kier molecular flexibility index (Phi) is 7.25. The second-order valence-electron chi connectivity index (χ2n) is 8.40. The van der Waals surface area contributed by atoms with Crippen LogP contribution in [0.5, 0.6) is 0 Å². The average molecular weight is 436 g/mol. The number of rotatable bonds is 7. The number of pyridine rings is 2. The fourth-order valence-electron chi connectivity index (χ4n) is 3.22. The summed E-state index contributed by atoms with van der Waals surface area (Å²) in [5.74, 6) is -0.285. The Bertz CT molecular complexity index is 1080. The van der Waals surface area contributed by atoms with Crippen LogP contribution < -0.4 is 15.5 Å². The van der Waals surface area contributed by atoms with Gasteiger partial charge in [0.15, 0.2) is 0 Å². The van der Waals surface area contributed by atoms with E-state index in [4.69, 9.17) is 4.74 Å². The van der Waals surface area contributed by atoms with Gasteiger partial charge in [0, 0.05) is 43.6 Å².